The number of nitrogens with one attached hydrogen (secondary N) is 1. The minimum absolute atomic E-state index is 0.0617. The van der Waals surface area contributed by atoms with Crippen molar-refractivity contribution in [3.63, 3.8) is 0 Å². The summed E-state index contributed by atoms with van der Waals surface area (Å²) in [6.07, 6.45) is 2.34. The summed E-state index contributed by atoms with van der Waals surface area (Å²) in [6, 6.07) is 4.64. The topological polar surface area (TPSA) is 41.5 Å². The molecule has 1 aromatic rings. The Labute approximate surface area is 114 Å². The highest BCUT2D eigenvalue weighted by Crippen LogP contribution is 2.21. The van der Waals surface area contributed by atoms with Crippen molar-refractivity contribution in [3.05, 3.63) is 34.1 Å². The zero-order chi connectivity index (χ0) is 13.0. The molecule has 1 aliphatic heterocycles. The van der Waals surface area contributed by atoms with Gasteiger partial charge in [0.15, 0.2) is 0 Å². The zero-order valence-corrected chi connectivity index (χ0v) is 11.6. The van der Waals surface area contributed by atoms with Crippen molar-refractivity contribution >= 4 is 15.9 Å². The van der Waals surface area contributed by atoms with Gasteiger partial charge in [-0.05, 0) is 46.5 Å². The van der Waals surface area contributed by atoms with Crippen molar-refractivity contribution in [2.45, 2.75) is 25.0 Å². The Kier molecular flexibility index (Phi) is 5.12. The van der Waals surface area contributed by atoms with Crippen LogP contribution >= 0.6 is 15.9 Å². The van der Waals surface area contributed by atoms with Gasteiger partial charge in [-0.3, -0.25) is 0 Å². The van der Waals surface area contributed by atoms with E-state index in [1.807, 2.05) is 0 Å². The number of rotatable bonds is 5. The van der Waals surface area contributed by atoms with E-state index in [9.17, 15) is 9.50 Å². The van der Waals surface area contributed by atoms with E-state index in [1.165, 1.54) is 6.07 Å². The molecule has 18 heavy (non-hydrogen) atoms. The van der Waals surface area contributed by atoms with Gasteiger partial charge in [0.2, 0.25) is 0 Å². The maximum absolute atomic E-state index is 13.4. The molecule has 1 aromatic carbocycles. The van der Waals surface area contributed by atoms with Crippen LogP contribution in [0.15, 0.2) is 22.7 Å². The summed E-state index contributed by atoms with van der Waals surface area (Å²) < 4.78 is 19.4. The molecule has 2 atom stereocenters. The average Bonchev–Trinajstić information content (AvgIpc) is 2.87. The van der Waals surface area contributed by atoms with Crippen LogP contribution in [-0.2, 0) is 4.74 Å². The smallest absolute Gasteiger partial charge is 0.137 e. The molecule has 0 bridgehead atoms. The van der Waals surface area contributed by atoms with Crippen LogP contribution in [-0.4, -0.2) is 31.0 Å². The van der Waals surface area contributed by atoms with Crippen LogP contribution in [0.3, 0.4) is 0 Å². The first-order valence-electron chi connectivity index (χ1n) is 6.11. The van der Waals surface area contributed by atoms with Gasteiger partial charge in [0.05, 0.1) is 23.2 Å². The summed E-state index contributed by atoms with van der Waals surface area (Å²) in [7, 11) is 0. The average molecular weight is 318 g/mol. The van der Waals surface area contributed by atoms with Gasteiger partial charge in [-0.1, -0.05) is 6.07 Å². The number of benzene rings is 1. The number of hydrogen-bond donors (Lipinski definition) is 2. The van der Waals surface area contributed by atoms with Crippen LogP contribution in [0, 0.1) is 5.82 Å². The summed E-state index contributed by atoms with van der Waals surface area (Å²) >= 11 is 3.12. The fourth-order valence-corrected chi connectivity index (χ4v) is 2.34. The number of hydrogen-bond acceptors (Lipinski definition) is 3. The molecule has 0 saturated carbocycles. The summed E-state index contributed by atoms with van der Waals surface area (Å²) in [6.45, 7) is 1.43. The molecule has 1 saturated heterocycles. The van der Waals surface area contributed by atoms with E-state index in [4.69, 9.17) is 4.74 Å². The van der Waals surface area contributed by atoms with Crippen molar-refractivity contribution in [2.24, 2.45) is 0 Å². The Bertz CT molecular complexity index is 397. The van der Waals surface area contributed by atoms with Crippen molar-refractivity contribution in [2.75, 3.05) is 19.8 Å². The number of ether oxygens (including phenoxy) is 1. The van der Waals surface area contributed by atoms with Crippen LogP contribution in [0.2, 0.25) is 0 Å². The maximum atomic E-state index is 13.4. The second-order valence-electron chi connectivity index (χ2n) is 4.45. The quantitative estimate of drug-likeness (QED) is 0.876. The molecule has 2 rings (SSSR count). The normalized spacial score (nSPS) is 21.2. The lowest BCUT2D eigenvalue weighted by molar-refractivity contribution is 0.104. The third kappa shape index (κ3) is 3.51. The van der Waals surface area contributed by atoms with Crippen LogP contribution < -0.4 is 5.32 Å². The molecular weight excluding hydrogens is 301 g/mol. The third-order valence-corrected chi connectivity index (χ3v) is 3.79. The second-order valence-corrected chi connectivity index (χ2v) is 5.31. The minimum Gasteiger partial charge on any atom is -0.394 e. The summed E-state index contributed by atoms with van der Waals surface area (Å²) in [5, 5.41) is 12.6. The highest BCUT2D eigenvalue weighted by molar-refractivity contribution is 9.10. The third-order valence-electron chi connectivity index (χ3n) is 3.14. The first-order chi connectivity index (χ1) is 8.70. The van der Waals surface area contributed by atoms with E-state index in [0.717, 1.165) is 25.0 Å². The molecule has 0 radical (unpaired) electrons. The monoisotopic (exact) mass is 317 g/mol. The molecular formula is C13H17BrFNO2. The molecule has 1 aliphatic rings. The van der Waals surface area contributed by atoms with E-state index >= 15 is 0 Å². The van der Waals surface area contributed by atoms with Crippen molar-refractivity contribution in [1.29, 1.82) is 0 Å². The predicted octanol–water partition coefficient (Wildman–Crippen LogP) is 2.39. The van der Waals surface area contributed by atoms with E-state index in [-0.39, 0.29) is 24.6 Å². The maximum Gasteiger partial charge on any atom is 0.137 e. The van der Waals surface area contributed by atoms with Gasteiger partial charge in [0, 0.05) is 13.2 Å². The van der Waals surface area contributed by atoms with Crippen LogP contribution in [0.1, 0.15) is 24.4 Å². The van der Waals surface area contributed by atoms with Gasteiger partial charge in [0.1, 0.15) is 5.82 Å². The highest BCUT2D eigenvalue weighted by Gasteiger charge is 2.18. The molecule has 100 valence electrons. The Morgan fingerprint density at radius 2 is 2.39 bits per heavy atom. The summed E-state index contributed by atoms with van der Waals surface area (Å²) in [5.41, 5.74) is 0.746. The number of aliphatic hydroxyl groups excluding tert-OH is 1. The molecule has 0 aromatic heterocycles. The van der Waals surface area contributed by atoms with Crippen LogP contribution in [0.5, 0.6) is 0 Å². The molecule has 0 aliphatic carbocycles. The zero-order valence-electron chi connectivity index (χ0n) is 10.0. The fourth-order valence-electron chi connectivity index (χ4n) is 2.10. The van der Waals surface area contributed by atoms with Crippen molar-refractivity contribution in [3.8, 4) is 0 Å². The first kappa shape index (κ1) is 13.9. The lowest BCUT2D eigenvalue weighted by Crippen LogP contribution is -2.32. The first-order valence-corrected chi connectivity index (χ1v) is 6.91. The predicted molar refractivity (Wildman–Crippen MR) is 70.9 cm³/mol. The Balaban J connectivity index is 1.96. The molecule has 5 heteroatoms. The second kappa shape index (κ2) is 6.61. The molecule has 2 N–H and O–H groups in total. The molecule has 3 nitrogen and oxygen atoms in total. The van der Waals surface area contributed by atoms with Crippen LogP contribution in [0.25, 0.3) is 0 Å². The van der Waals surface area contributed by atoms with Gasteiger partial charge in [-0.15, -0.1) is 0 Å². The van der Waals surface area contributed by atoms with Gasteiger partial charge < -0.3 is 15.2 Å². The van der Waals surface area contributed by atoms with Gasteiger partial charge in [-0.2, -0.15) is 0 Å². The van der Waals surface area contributed by atoms with E-state index in [1.54, 1.807) is 12.1 Å². The van der Waals surface area contributed by atoms with Gasteiger partial charge >= 0.3 is 0 Å². The number of aliphatic hydroxyl groups is 1. The van der Waals surface area contributed by atoms with Gasteiger partial charge in [-0.25, -0.2) is 4.39 Å². The van der Waals surface area contributed by atoms with E-state index in [0.29, 0.717) is 11.0 Å². The lowest BCUT2D eigenvalue weighted by atomic mass is 10.1. The molecule has 1 heterocycles. The van der Waals surface area contributed by atoms with E-state index < -0.39 is 0 Å². The molecule has 1 fully saturated rings. The molecule has 0 spiro atoms. The van der Waals surface area contributed by atoms with Crippen molar-refractivity contribution < 1.29 is 14.2 Å². The largest absolute Gasteiger partial charge is 0.394 e. The van der Waals surface area contributed by atoms with Crippen molar-refractivity contribution in [1.82, 2.24) is 5.32 Å². The number of halogens is 2. The summed E-state index contributed by atoms with van der Waals surface area (Å²) in [5.74, 6) is -0.315. The van der Waals surface area contributed by atoms with E-state index in [2.05, 4.69) is 21.2 Å². The minimum atomic E-state index is -0.315. The molecule has 2 unspecified atom stereocenters. The van der Waals surface area contributed by atoms with Gasteiger partial charge in [0.25, 0.3) is 0 Å². The standard InChI is InChI=1S/C13H17BrFNO2/c14-11-4-3-9(6-12(11)15)13(8-17)16-7-10-2-1-5-18-10/h3-4,6,10,13,16-17H,1-2,5,7-8H2. The van der Waals surface area contributed by atoms with Crippen LogP contribution in [0.4, 0.5) is 4.39 Å². The SMILES string of the molecule is OCC(NCC1CCCO1)c1ccc(Br)c(F)c1. The Morgan fingerprint density at radius 3 is 3.00 bits per heavy atom. The fraction of sp³-hybridized carbons (Fsp3) is 0.538. The molecule has 0 amide bonds. The summed E-state index contributed by atoms with van der Waals surface area (Å²) in [4.78, 5) is 0. The lowest BCUT2D eigenvalue weighted by Gasteiger charge is -2.19. The Morgan fingerprint density at radius 1 is 1.56 bits per heavy atom. The Hall–Kier alpha value is -0.490. The highest BCUT2D eigenvalue weighted by atomic mass is 79.9.